The van der Waals surface area contributed by atoms with Crippen molar-refractivity contribution in [1.82, 2.24) is 0 Å². The fourth-order valence-corrected chi connectivity index (χ4v) is 2.00. The summed E-state index contributed by atoms with van der Waals surface area (Å²) in [5, 5.41) is 4.14. The summed E-state index contributed by atoms with van der Waals surface area (Å²) in [6, 6.07) is 1.81. The van der Waals surface area contributed by atoms with Gasteiger partial charge >= 0.3 is 0 Å². The highest BCUT2D eigenvalue weighted by molar-refractivity contribution is 7.18. The van der Waals surface area contributed by atoms with Gasteiger partial charge in [-0.05, 0) is 19.9 Å². The van der Waals surface area contributed by atoms with Gasteiger partial charge in [-0.2, -0.15) is 0 Å². The van der Waals surface area contributed by atoms with E-state index in [-0.39, 0.29) is 5.78 Å². The zero-order valence-electron chi connectivity index (χ0n) is 9.26. The van der Waals surface area contributed by atoms with Gasteiger partial charge in [0.15, 0.2) is 5.78 Å². The minimum Gasteiger partial charge on any atom is -0.397 e. The molecule has 0 amide bonds. The van der Waals surface area contributed by atoms with Gasteiger partial charge in [-0.15, -0.1) is 11.3 Å². The average molecular weight is 224 g/mol. The molecule has 0 saturated carbocycles. The van der Waals surface area contributed by atoms with Crippen LogP contribution in [0.5, 0.6) is 0 Å². The first-order valence-electron chi connectivity index (χ1n) is 4.78. The Kier molecular flexibility index (Phi) is 3.91. The molecule has 1 rings (SSSR count). The molecule has 0 aromatic carbocycles. The number of anilines is 2. The van der Waals surface area contributed by atoms with Crippen molar-refractivity contribution in [3.05, 3.63) is 22.6 Å². The largest absolute Gasteiger partial charge is 0.397 e. The van der Waals surface area contributed by atoms with Crippen molar-refractivity contribution in [2.24, 2.45) is 0 Å². The summed E-state index contributed by atoms with van der Waals surface area (Å²) in [7, 11) is 0. The van der Waals surface area contributed by atoms with Gasteiger partial charge in [0.1, 0.15) is 0 Å². The summed E-state index contributed by atoms with van der Waals surface area (Å²) < 4.78 is 0. The molecule has 0 atom stereocenters. The zero-order chi connectivity index (χ0) is 11.4. The maximum absolute atomic E-state index is 11.2. The Labute approximate surface area is 94.0 Å². The zero-order valence-corrected chi connectivity index (χ0v) is 10.1. The van der Waals surface area contributed by atoms with Crippen LogP contribution in [0.1, 0.15) is 30.4 Å². The third-order valence-corrected chi connectivity index (χ3v) is 3.08. The number of nitrogens with two attached hydrogens (primary N) is 1. The highest BCUT2D eigenvalue weighted by atomic mass is 32.1. The maximum atomic E-state index is 11.2. The molecule has 82 valence electrons. The first-order valence-corrected chi connectivity index (χ1v) is 5.60. The van der Waals surface area contributed by atoms with E-state index in [0.717, 1.165) is 11.5 Å². The summed E-state index contributed by atoms with van der Waals surface area (Å²) in [5.41, 5.74) is 7.53. The molecular weight excluding hydrogens is 208 g/mol. The Morgan fingerprint density at radius 2 is 2.20 bits per heavy atom. The lowest BCUT2D eigenvalue weighted by molar-refractivity contribution is 0.102. The van der Waals surface area contributed by atoms with E-state index in [1.165, 1.54) is 23.8 Å². The van der Waals surface area contributed by atoms with Crippen LogP contribution in [0.15, 0.2) is 17.7 Å². The molecule has 0 unspecified atom stereocenters. The van der Waals surface area contributed by atoms with E-state index in [2.05, 4.69) is 11.4 Å². The molecule has 1 aromatic rings. The van der Waals surface area contributed by atoms with Gasteiger partial charge in [0, 0.05) is 13.5 Å². The van der Waals surface area contributed by atoms with E-state index in [1.807, 2.05) is 13.8 Å². The van der Waals surface area contributed by atoms with Gasteiger partial charge in [0.25, 0.3) is 0 Å². The van der Waals surface area contributed by atoms with Crippen molar-refractivity contribution in [2.75, 3.05) is 17.6 Å². The molecule has 4 heteroatoms. The second-order valence-corrected chi connectivity index (χ2v) is 4.67. The lowest BCUT2D eigenvalue weighted by atomic mass is 10.3. The topological polar surface area (TPSA) is 55.1 Å². The van der Waals surface area contributed by atoms with Gasteiger partial charge in [0.2, 0.25) is 0 Å². The average Bonchev–Trinajstić information content (AvgIpc) is 2.46. The van der Waals surface area contributed by atoms with Crippen LogP contribution in [0.25, 0.3) is 0 Å². The maximum Gasteiger partial charge on any atom is 0.171 e. The summed E-state index contributed by atoms with van der Waals surface area (Å²) in [4.78, 5) is 11.8. The quantitative estimate of drug-likeness (QED) is 0.610. The van der Waals surface area contributed by atoms with E-state index >= 15 is 0 Å². The molecule has 0 radical (unpaired) electrons. The first-order chi connectivity index (χ1) is 7.00. The molecular formula is C11H16N2OS. The number of hydrogen-bond donors (Lipinski definition) is 2. The summed E-state index contributed by atoms with van der Waals surface area (Å²) >= 11 is 1.40. The normalized spacial score (nSPS) is 9.80. The highest BCUT2D eigenvalue weighted by Crippen LogP contribution is 2.29. The second kappa shape index (κ2) is 4.98. The van der Waals surface area contributed by atoms with Crippen molar-refractivity contribution in [1.29, 1.82) is 0 Å². The summed E-state index contributed by atoms with van der Waals surface area (Å²) in [6.07, 6.45) is 2.09. The van der Waals surface area contributed by atoms with Crippen molar-refractivity contribution in [3.63, 3.8) is 0 Å². The number of nitrogens with one attached hydrogen (secondary N) is 1. The Morgan fingerprint density at radius 3 is 2.67 bits per heavy atom. The second-order valence-electron chi connectivity index (χ2n) is 3.61. The third-order valence-electron chi connectivity index (χ3n) is 1.87. The first kappa shape index (κ1) is 11.8. The van der Waals surface area contributed by atoms with Crippen LogP contribution in [0, 0.1) is 0 Å². The monoisotopic (exact) mass is 224 g/mol. The standard InChI is InChI=1S/C11H16N2OS/c1-7(2)4-5-13-10-6-9(12)11(15-10)8(3)14/h4,6,13H,5,12H2,1-3H3. The third kappa shape index (κ3) is 3.40. The van der Waals surface area contributed by atoms with Crippen molar-refractivity contribution >= 4 is 27.8 Å². The Balaban J connectivity index is 2.68. The molecule has 0 saturated heterocycles. The number of ketones is 1. The highest BCUT2D eigenvalue weighted by Gasteiger charge is 2.09. The van der Waals surface area contributed by atoms with Crippen LogP contribution in [0.3, 0.4) is 0 Å². The molecule has 0 aliphatic heterocycles. The minimum atomic E-state index is 0.0211. The number of carbonyl (C=O) groups is 1. The summed E-state index contributed by atoms with van der Waals surface area (Å²) in [5.74, 6) is 0.0211. The number of thiophene rings is 1. The molecule has 0 aliphatic rings. The molecule has 3 N–H and O–H groups in total. The predicted octanol–water partition coefficient (Wildman–Crippen LogP) is 2.91. The van der Waals surface area contributed by atoms with E-state index in [1.54, 1.807) is 6.07 Å². The molecule has 0 bridgehead atoms. The lowest BCUT2D eigenvalue weighted by Crippen LogP contribution is -1.95. The van der Waals surface area contributed by atoms with Crippen LogP contribution < -0.4 is 11.1 Å². The van der Waals surface area contributed by atoms with Crippen molar-refractivity contribution in [3.8, 4) is 0 Å². The van der Waals surface area contributed by atoms with Crippen molar-refractivity contribution < 1.29 is 4.79 Å². The van der Waals surface area contributed by atoms with Crippen LogP contribution in [0.4, 0.5) is 10.7 Å². The number of hydrogen-bond acceptors (Lipinski definition) is 4. The SMILES string of the molecule is CC(=O)c1sc(NCC=C(C)C)cc1N. The molecule has 1 aromatic heterocycles. The van der Waals surface area contributed by atoms with Crippen molar-refractivity contribution in [2.45, 2.75) is 20.8 Å². The van der Waals surface area contributed by atoms with Gasteiger partial charge in [-0.25, -0.2) is 0 Å². The fourth-order valence-electron chi connectivity index (χ4n) is 1.12. The van der Waals surface area contributed by atoms with Gasteiger partial charge in [-0.1, -0.05) is 11.6 Å². The van der Waals surface area contributed by atoms with E-state index in [0.29, 0.717) is 10.6 Å². The van der Waals surface area contributed by atoms with Crippen LogP contribution in [-0.4, -0.2) is 12.3 Å². The van der Waals surface area contributed by atoms with E-state index in [4.69, 9.17) is 5.73 Å². The lowest BCUT2D eigenvalue weighted by Gasteiger charge is -1.98. The Hall–Kier alpha value is -1.29. The predicted molar refractivity (Wildman–Crippen MR) is 66.7 cm³/mol. The summed E-state index contributed by atoms with van der Waals surface area (Å²) in [6.45, 7) is 6.39. The smallest absolute Gasteiger partial charge is 0.171 e. The molecule has 0 aliphatic carbocycles. The number of allylic oxidation sites excluding steroid dienone is 1. The van der Waals surface area contributed by atoms with Crippen LogP contribution >= 0.6 is 11.3 Å². The van der Waals surface area contributed by atoms with Gasteiger partial charge < -0.3 is 11.1 Å². The number of rotatable bonds is 4. The van der Waals surface area contributed by atoms with E-state index < -0.39 is 0 Å². The Bertz CT molecular complexity index is 389. The molecule has 3 nitrogen and oxygen atoms in total. The number of nitrogen functional groups attached to an aromatic ring is 1. The van der Waals surface area contributed by atoms with Gasteiger partial charge in [0.05, 0.1) is 15.6 Å². The molecule has 0 spiro atoms. The fraction of sp³-hybridized carbons (Fsp3) is 0.364. The molecule has 15 heavy (non-hydrogen) atoms. The molecule has 0 fully saturated rings. The van der Waals surface area contributed by atoms with E-state index in [9.17, 15) is 4.79 Å². The van der Waals surface area contributed by atoms with Crippen LogP contribution in [-0.2, 0) is 0 Å². The Morgan fingerprint density at radius 1 is 1.53 bits per heavy atom. The number of carbonyl (C=O) groups excluding carboxylic acids is 1. The van der Waals surface area contributed by atoms with Gasteiger partial charge in [-0.3, -0.25) is 4.79 Å². The number of Topliss-reactive ketones (excluding diaryl/α,β-unsaturated/α-hetero) is 1. The van der Waals surface area contributed by atoms with Crippen LogP contribution in [0.2, 0.25) is 0 Å². The minimum absolute atomic E-state index is 0.0211. The molecule has 1 heterocycles.